The van der Waals surface area contributed by atoms with E-state index in [1.165, 1.54) is 0 Å². The van der Waals surface area contributed by atoms with Crippen LogP contribution in [-0.2, 0) is 9.53 Å². The van der Waals surface area contributed by atoms with Gasteiger partial charge in [-0.05, 0) is 17.4 Å². The van der Waals surface area contributed by atoms with Crippen molar-refractivity contribution in [3.05, 3.63) is 35.9 Å². The number of halogens is 1. The Hall–Kier alpha value is -1.10. The minimum Gasteiger partial charge on any atom is -0.367 e. The van der Waals surface area contributed by atoms with Gasteiger partial charge in [0.25, 0.3) is 5.91 Å². The van der Waals surface area contributed by atoms with Gasteiger partial charge in [-0.3, -0.25) is 4.79 Å². The van der Waals surface area contributed by atoms with E-state index >= 15 is 0 Å². The topological polar surface area (TPSA) is 50.4 Å². The quantitative estimate of drug-likeness (QED) is 0.870. The second-order valence-corrected chi connectivity index (χ2v) is 5.05. The van der Waals surface area contributed by atoms with Crippen molar-refractivity contribution >= 4 is 18.3 Å². The molecule has 0 radical (unpaired) electrons. The fraction of sp³-hybridized carbons (Fsp3) is 0.500. The van der Waals surface area contributed by atoms with Gasteiger partial charge in [-0.2, -0.15) is 0 Å². The summed E-state index contributed by atoms with van der Waals surface area (Å²) in [5.41, 5.74) is 0.904. The number of carbonyl (C=O) groups excluding carboxylic acids is 1. The third kappa shape index (κ3) is 2.76. The van der Waals surface area contributed by atoms with Gasteiger partial charge in [0.1, 0.15) is 0 Å². The van der Waals surface area contributed by atoms with E-state index in [9.17, 15) is 4.79 Å². The Kier molecular flexibility index (Phi) is 4.45. The van der Waals surface area contributed by atoms with Gasteiger partial charge in [-0.15, -0.1) is 12.4 Å². The number of nitrogens with one attached hydrogen (secondary N) is 2. The van der Waals surface area contributed by atoms with Crippen LogP contribution < -0.4 is 10.6 Å². The van der Waals surface area contributed by atoms with E-state index in [-0.39, 0.29) is 18.3 Å². The van der Waals surface area contributed by atoms with Crippen LogP contribution in [0.3, 0.4) is 0 Å². The molecule has 1 aliphatic carbocycles. The minimum atomic E-state index is -0.500. The molecule has 0 spiro atoms. The Balaban J connectivity index is 0.00000133. The summed E-state index contributed by atoms with van der Waals surface area (Å²) in [5, 5.41) is 6.42. The molecule has 1 aliphatic heterocycles. The van der Waals surface area contributed by atoms with Gasteiger partial charge in [0.2, 0.25) is 0 Å². The normalized spacial score (nSPS) is 29.0. The van der Waals surface area contributed by atoms with Gasteiger partial charge in [-0.1, -0.05) is 30.3 Å². The van der Waals surface area contributed by atoms with Crippen molar-refractivity contribution in [1.82, 2.24) is 10.6 Å². The van der Waals surface area contributed by atoms with Crippen LogP contribution in [0.15, 0.2) is 30.3 Å². The van der Waals surface area contributed by atoms with Crippen LogP contribution in [-0.4, -0.2) is 32.1 Å². The highest BCUT2D eigenvalue weighted by molar-refractivity contribution is 5.85. The van der Waals surface area contributed by atoms with Crippen molar-refractivity contribution in [2.75, 3.05) is 20.2 Å². The van der Waals surface area contributed by atoms with Crippen molar-refractivity contribution in [3.63, 3.8) is 0 Å². The molecule has 4 nitrogen and oxygen atoms in total. The Morgan fingerprint density at radius 1 is 1.32 bits per heavy atom. The van der Waals surface area contributed by atoms with Gasteiger partial charge in [-0.25, -0.2) is 0 Å². The van der Waals surface area contributed by atoms with Crippen LogP contribution in [0, 0.1) is 11.8 Å². The average molecular weight is 283 g/mol. The fourth-order valence-corrected chi connectivity index (χ4v) is 2.89. The van der Waals surface area contributed by atoms with Crippen LogP contribution in [0.4, 0.5) is 0 Å². The SMILES string of the molecule is COC(C(=O)NC1C2CNCC21)c1ccccc1.Cl. The zero-order valence-corrected chi connectivity index (χ0v) is 11.7. The lowest BCUT2D eigenvalue weighted by Gasteiger charge is -2.16. The predicted molar refractivity (Wildman–Crippen MR) is 75.2 cm³/mol. The number of methoxy groups -OCH3 is 1. The first-order valence-corrected chi connectivity index (χ1v) is 6.40. The highest BCUT2D eigenvalue weighted by atomic mass is 35.5. The largest absolute Gasteiger partial charge is 0.367 e. The van der Waals surface area contributed by atoms with E-state index in [2.05, 4.69) is 10.6 Å². The minimum absolute atomic E-state index is 0. The second kappa shape index (κ2) is 5.90. The van der Waals surface area contributed by atoms with E-state index in [0.29, 0.717) is 17.9 Å². The van der Waals surface area contributed by atoms with Crippen LogP contribution in [0.2, 0.25) is 0 Å². The first-order valence-electron chi connectivity index (χ1n) is 6.40. The number of rotatable bonds is 4. The summed E-state index contributed by atoms with van der Waals surface area (Å²) in [5.74, 6) is 1.23. The molecule has 1 amide bonds. The molecule has 1 aromatic rings. The maximum Gasteiger partial charge on any atom is 0.253 e. The number of piperidine rings is 1. The van der Waals surface area contributed by atoms with Crippen molar-refractivity contribution in [2.45, 2.75) is 12.1 Å². The highest BCUT2D eigenvalue weighted by Gasteiger charge is 2.53. The van der Waals surface area contributed by atoms with Crippen LogP contribution >= 0.6 is 12.4 Å². The molecule has 104 valence electrons. The summed E-state index contributed by atoms with van der Waals surface area (Å²) >= 11 is 0. The molecule has 3 unspecified atom stereocenters. The van der Waals surface area contributed by atoms with E-state index in [4.69, 9.17) is 4.74 Å². The molecule has 2 N–H and O–H groups in total. The maximum absolute atomic E-state index is 12.2. The molecule has 0 bridgehead atoms. The molecule has 1 aromatic carbocycles. The average Bonchev–Trinajstić information content (AvgIpc) is 2.85. The maximum atomic E-state index is 12.2. The molecule has 19 heavy (non-hydrogen) atoms. The van der Waals surface area contributed by atoms with E-state index in [1.54, 1.807) is 7.11 Å². The number of fused-ring (bicyclic) bond motifs is 1. The first kappa shape index (κ1) is 14.3. The molecule has 1 saturated heterocycles. The molecule has 3 atom stereocenters. The second-order valence-electron chi connectivity index (χ2n) is 5.05. The molecule has 0 aromatic heterocycles. The number of ether oxygens (including phenoxy) is 1. The first-order chi connectivity index (χ1) is 8.81. The molecule has 2 aliphatic rings. The van der Waals surface area contributed by atoms with Crippen LogP contribution in [0.5, 0.6) is 0 Å². The van der Waals surface area contributed by atoms with Crippen molar-refractivity contribution in [3.8, 4) is 0 Å². The number of amides is 1. The monoisotopic (exact) mass is 282 g/mol. The van der Waals surface area contributed by atoms with E-state index in [0.717, 1.165) is 18.7 Å². The summed E-state index contributed by atoms with van der Waals surface area (Å²) in [6.07, 6.45) is -0.500. The predicted octanol–water partition coefficient (Wildman–Crippen LogP) is 1.13. The summed E-state index contributed by atoms with van der Waals surface area (Å²) in [7, 11) is 1.58. The van der Waals surface area contributed by atoms with Crippen LogP contribution in [0.25, 0.3) is 0 Å². The van der Waals surface area contributed by atoms with E-state index < -0.39 is 6.10 Å². The van der Waals surface area contributed by atoms with Crippen molar-refractivity contribution in [1.29, 1.82) is 0 Å². The molecule has 1 heterocycles. The van der Waals surface area contributed by atoms with Gasteiger partial charge in [0, 0.05) is 26.2 Å². The number of hydrogen-bond donors (Lipinski definition) is 2. The summed E-state index contributed by atoms with van der Waals surface area (Å²) in [6.45, 7) is 2.05. The molecular formula is C14H19ClN2O2. The molecule has 2 fully saturated rings. The zero-order valence-electron chi connectivity index (χ0n) is 10.8. The third-order valence-electron chi connectivity index (χ3n) is 3.98. The lowest BCUT2D eigenvalue weighted by atomic mass is 10.1. The Bertz CT molecular complexity index is 430. The molecular weight excluding hydrogens is 264 g/mol. The van der Waals surface area contributed by atoms with Crippen molar-refractivity contribution < 1.29 is 9.53 Å². The summed E-state index contributed by atoms with van der Waals surface area (Å²) in [4.78, 5) is 12.2. The lowest BCUT2D eigenvalue weighted by Crippen LogP contribution is -2.36. The molecule has 3 rings (SSSR count). The number of hydrogen-bond acceptors (Lipinski definition) is 3. The Morgan fingerprint density at radius 2 is 1.95 bits per heavy atom. The van der Waals surface area contributed by atoms with Crippen molar-refractivity contribution in [2.24, 2.45) is 11.8 Å². The van der Waals surface area contributed by atoms with Gasteiger partial charge in [0.15, 0.2) is 6.10 Å². The fourth-order valence-electron chi connectivity index (χ4n) is 2.89. The molecule has 5 heteroatoms. The van der Waals surface area contributed by atoms with E-state index in [1.807, 2.05) is 30.3 Å². The Labute approximate surface area is 119 Å². The van der Waals surface area contributed by atoms with Gasteiger partial charge >= 0.3 is 0 Å². The number of carbonyl (C=O) groups is 1. The summed E-state index contributed by atoms with van der Waals surface area (Å²) in [6, 6.07) is 9.96. The number of benzene rings is 1. The van der Waals surface area contributed by atoms with Crippen LogP contribution in [0.1, 0.15) is 11.7 Å². The standard InChI is InChI=1S/C14H18N2O2.ClH/c1-18-13(9-5-3-2-4-6-9)14(17)16-12-10-7-15-8-11(10)12;/h2-6,10-13,15H,7-8H2,1H3,(H,16,17);1H. The summed E-state index contributed by atoms with van der Waals surface area (Å²) < 4.78 is 5.32. The highest BCUT2D eigenvalue weighted by Crippen LogP contribution is 2.41. The smallest absolute Gasteiger partial charge is 0.253 e. The van der Waals surface area contributed by atoms with Gasteiger partial charge in [0.05, 0.1) is 0 Å². The molecule has 1 saturated carbocycles. The van der Waals surface area contributed by atoms with Gasteiger partial charge < -0.3 is 15.4 Å². The lowest BCUT2D eigenvalue weighted by molar-refractivity contribution is -0.131. The Morgan fingerprint density at radius 3 is 2.53 bits per heavy atom. The third-order valence-corrected chi connectivity index (χ3v) is 3.98. The zero-order chi connectivity index (χ0) is 12.5.